The maximum atomic E-state index is 6.20. The third-order valence-corrected chi connectivity index (χ3v) is 3.14. The van der Waals surface area contributed by atoms with Gasteiger partial charge in [-0.2, -0.15) is 4.98 Å². The minimum Gasteiger partial charge on any atom is -0.496 e. The second kappa shape index (κ2) is 6.43. The van der Waals surface area contributed by atoms with E-state index in [0.717, 1.165) is 17.1 Å². The Morgan fingerprint density at radius 2 is 2.10 bits per heavy atom. The Bertz CT molecular complexity index is 589. The number of nitrogens with one attached hydrogen (secondary N) is 1. The first-order valence-corrected chi connectivity index (χ1v) is 6.55. The SMILES string of the molecule is COc1cccc(Cl)c1CNc1ccnc(N(C)C)n1. The number of benzene rings is 1. The molecule has 106 valence electrons. The summed E-state index contributed by atoms with van der Waals surface area (Å²) in [6, 6.07) is 7.40. The lowest BCUT2D eigenvalue weighted by Gasteiger charge is -2.13. The third-order valence-electron chi connectivity index (χ3n) is 2.78. The largest absolute Gasteiger partial charge is 0.496 e. The summed E-state index contributed by atoms with van der Waals surface area (Å²) in [7, 11) is 5.43. The van der Waals surface area contributed by atoms with Crippen molar-refractivity contribution in [2.75, 3.05) is 31.4 Å². The number of hydrogen-bond acceptors (Lipinski definition) is 5. The molecule has 0 aliphatic heterocycles. The van der Waals surface area contributed by atoms with Crippen LogP contribution < -0.4 is 15.0 Å². The van der Waals surface area contributed by atoms with Crippen molar-refractivity contribution >= 4 is 23.4 Å². The predicted molar refractivity (Wildman–Crippen MR) is 81.7 cm³/mol. The number of aromatic nitrogens is 2. The normalized spacial score (nSPS) is 10.2. The van der Waals surface area contributed by atoms with Crippen LogP contribution in [0.25, 0.3) is 0 Å². The fourth-order valence-electron chi connectivity index (χ4n) is 1.74. The van der Waals surface area contributed by atoms with Crippen molar-refractivity contribution in [1.29, 1.82) is 0 Å². The van der Waals surface area contributed by atoms with Gasteiger partial charge in [-0.1, -0.05) is 17.7 Å². The first kappa shape index (κ1) is 14.4. The molecule has 1 N–H and O–H groups in total. The number of halogens is 1. The van der Waals surface area contributed by atoms with Crippen LogP contribution in [0.4, 0.5) is 11.8 Å². The van der Waals surface area contributed by atoms with E-state index in [-0.39, 0.29) is 0 Å². The molecule has 2 rings (SSSR count). The lowest BCUT2D eigenvalue weighted by atomic mass is 10.2. The molecule has 5 nitrogen and oxygen atoms in total. The van der Waals surface area contributed by atoms with Gasteiger partial charge in [0.15, 0.2) is 0 Å². The second-order valence-electron chi connectivity index (χ2n) is 4.41. The quantitative estimate of drug-likeness (QED) is 0.918. The molecule has 0 aliphatic rings. The van der Waals surface area contributed by atoms with E-state index < -0.39 is 0 Å². The molecular formula is C14H17ClN4O. The van der Waals surface area contributed by atoms with Gasteiger partial charge in [0.05, 0.1) is 7.11 Å². The summed E-state index contributed by atoms with van der Waals surface area (Å²) in [6.07, 6.45) is 1.72. The molecule has 0 unspecified atom stereocenters. The van der Waals surface area contributed by atoms with Gasteiger partial charge < -0.3 is 15.0 Å². The summed E-state index contributed by atoms with van der Waals surface area (Å²) >= 11 is 6.20. The lowest BCUT2D eigenvalue weighted by Crippen LogP contribution is -2.13. The molecule has 0 aliphatic carbocycles. The lowest BCUT2D eigenvalue weighted by molar-refractivity contribution is 0.410. The van der Waals surface area contributed by atoms with Crippen molar-refractivity contribution in [3.63, 3.8) is 0 Å². The van der Waals surface area contributed by atoms with Crippen molar-refractivity contribution in [1.82, 2.24) is 9.97 Å². The molecule has 2 aromatic rings. The highest BCUT2D eigenvalue weighted by Gasteiger charge is 2.08. The number of anilines is 2. The van der Waals surface area contributed by atoms with Crippen LogP contribution in [-0.4, -0.2) is 31.2 Å². The molecule has 1 heterocycles. The molecule has 0 fully saturated rings. The van der Waals surface area contributed by atoms with Crippen LogP contribution in [-0.2, 0) is 6.54 Å². The van der Waals surface area contributed by atoms with Crippen LogP contribution >= 0.6 is 11.6 Å². The van der Waals surface area contributed by atoms with Crippen molar-refractivity contribution in [2.45, 2.75) is 6.54 Å². The number of ether oxygens (including phenoxy) is 1. The van der Waals surface area contributed by atoms with E-state index in [1.165, 1.54) is 0 Å². The summed E-state index contributed by atoms with van der Waals surface area (Å²) in [5, 5.41) is 3.90. The molecule has 0 radical (unpaired) electrons. The molecule has 0 spiro atoms. The van der Waals surface area contributed by atoms with Crippen LogP contribution in [0.2, 0.25) is 5.02 Å². The number of hydrogen-bond donors (Lipinski definition) is 1. The fourth-order valence-corrected chi connectivity index (χ4v) is 1.98. The Morgan fingerprint density at radius 3 is 2.80 bits per heavy atom. The molecular weight excluding hydrogens is 276 g/mol. The van der Waals surface area contributed by atoms with Crippen molar-refractivity contribution in [3.8, 4) is 5.75 Å². The minimum absolute atomic E-state index is 0.534. The third kappa shape index (κ3) is 3.30. The molecule has 1 aromatic heterocycles. The zero-order chi connectivity index (χ0) is 14.5. The second-order valence-corrected chi connectivity index (χ2v) is 4.82. The Kier molecular flexibility index (Phi) is 4.63. The fraction of sp³-hybridized carbons (Fsp3) is 0.286. The zero-order valence-electron chi connectivity index (χ0n) is 11.7. The van der Waals surface area contributed by atoms with Crippen LogP contribution in [0.1, 0.15) is 5.56 Å². The molecule has 20 heavy (non-hydrogen) atoms. The predicted octanol–water partition coefficient (Wildman–Crippen LogP) is 2.82. The van der Waals surface area contributed by atoms with Crippen LogP contribution in [0, 0.1) is 0 Å². The molecule has 0 saturated carbocycles. The molecule has 0 bridgehead atoms. The first-order valence-electron chi connectivity index (χ1n) is 6.17. The van der Waals surface area contributed by atoms with Gasteiger partial charge in [-0.05, 0) is 18.2 Å². The Hall–Kier alpha value is -2.01. The van der Waals surface area contributed by atoms with E-state index in [0.29, 0.717) is 17.5 Å². The Balaban J connectivity index is 2.15. The zero-order valence-corrected chi connectivity index (χ0v) is 12.5. The van der Waals surface area contributed by atoms with Gasteiger partial charge in [-0.3, -0.25) is 0 Å². The van der Waals surface area contributed by atoms with Crippen LogP contribution in [0.3, 0.4) is 0 Å². The van der Waals surface area contributed by atoms with Gasteiger partial charge in [-0.15, -0.1) is 0 Å². The summed E-state index contributed by atoms with van der Waals surface area (Å²) in [6.45, 7) is 0.534. The van der Waals surface area contributed by atoms with Gasteiger partial charge in [0.1, 0.15) is 11.6 Å². The number of rotatable bonds is 5. The summed E-state index contributed by atoms with van der Waals surface area (Å²) < 4.78 is 5.31. The minimum atomic E-state index is 0.534. The van der Waals surface area contributed by atoms with E-state index in [1.54, 1.807) is 13.3 Å². The van der Waals surface area contributed by atoms with Gasteiger partial charge >= 0.3 is 0 Å². The molecule has 1 aromatic carbocycles. The number of methoxy groups -OCH3 is 1. The van der Waals surface area contributed by atoms with E-state index in [4.69, 9.17) is 16.3 Å². The highest BCUT2D eigenvalue weighted by molar-refractivity contribution is 6.31. The Morgan fingerprint density at radius 1 is 1.30 bits per heavy atom. The van der Waals surface area contributed by atoms with Gasteiger partial charge in [0.2, 0.25) is 5.95 Å². The molecule has 6 heteroatoms. The standard InChI is InChI=1S/C14H17ClN4O/c1-19(2)14-16-8-7-13(18-14)17-9-10-11(15)5-4-6-12(10)20-3/h4-8H,9H2,1-3H3,(H,16,17,18). The van der Waals surface area contributed by atoms with Crippen molar-refractivity contribution in [3.05, 3.63) is 41.0 Å². The molecule has 0 atom stereocenters. The topological polar surface area (TPSA) is 50.3 Å². The first-order chi connectivity index (χ1) is 9.61. The Labute approximate surface area is 123 Å². The summed E-state index contributed by atoms with van der Waals surface area (Å²) in [4.78, 5) is 10.4. The molecule has 0 saturated heterocycles. The summed E-state index contributed by atoms with van der Waals surface area (Å²) in [5.74, 6) is 2.15. The molecule has 0 amide bonds. The average Bonchev–Trinajstić information content (AvgIpc) is 2.46. The smallest absolute Gasteiger partial charge is 0.226 e. The van der Waals surface area contributed by atoms with Crippen LogP contribution in [0.5, 0.6) is 5.75 Å². The van der Waals surface area contributed by atoms with Crippen molar-refractivity contribution in [2.24, 2.45) is 0 Å². The highest BCUT2D eigenvalue weighted by Crippen LogP contribution is 2.26. The van der Waals surface area contributed by atoms with Gasteiger partial charge in [-0.25, -0.2) is 4.98 Å². The van der Waals surface area contributed by atoms with E-state index >= 15 is 0 Å². The summed E-state index contributed by atoms with van der Waals surface area (Å²) in [5.41, 5.74) is 0.904. The van der Waals surface area contributed by atoms with Crippen molar-refractivity contribution < 1.29 is 4.74 Å². The highest BCUT2D eigenvalue weighted by atomic mass is 35.5. The van der Waals surface area contributed by atoms with Crippen LogP contribution in [0.15, 0.2) is 30.5 Å². The average molecular weight is 293 g/mol. The van der Waals surface area contributed by atoms with Gasteiger partial charge in [0.25, 0.3) is 0 Å². The van der Waals surface area contributed by atoms with Gasteiger partial charge in [0, 0.05) is 37.4 Å². The van der Waals surface area contributed by atoms with E-state index in [2.05, 4.69) is 15.3 Å². The van der Waals surface area contributed by atoms with E-state index in [9.17, 15) is 0 Å². The van der Waals surface area contributed by atoms with E-state index in [1.807, 2.05) is 43.3 Å². The number of nitrogens with zero attached hydrogens (tertiary/aromatic N) is 3. The monoisotopic (exact) mass is 292 g/mol. The maximum Gasteiger partial charge on any atom is 0.226 e. The maximum absolute atomic E-state index is 6.20.